The van der Waals surface area contributed by atoms with Crippen LogP contribution in [0.2, 0.25) is 0 Å². The molecule has 4 aromatic rings. The molecule has 0 aliphatic heterocycles. The van der Waals surface area contributed by atoms with Gasteiger partial charge in [-0.2, -0.15) is 4.72 Å². The molecule has 1 atom stereocenters. The first-order valence-electron chi connectivity index (χ1n) is 10.2. The molecule has 1 heterocycles. The minimum atomic E-state index is -4.02. The van der Waals surface area contributed by atoms with Crippen LogP contribution in [0.4, 0.5) is 5.13 Å². The van der Waals surface area contributed by atoms with E-state index in [0.717, 1.165) is 33.6 Å². The van der Waals surface area contributed by atoms with Gasteiger partial charge in [-0.25, -0.2) is 8.42 Å². The Bertz CT molecular complexity index is 1370. The molecular weight excluding hydrogens is 456 g/mol. The fourth-order valence-corrected chi connectivity index (χ4v) is 5.55. The van der Waals surface area contributed by atoms with Crippen LogP contribution < -0.4 is 10.0 Å². The van der Waals surface area contributed by atoms with Gasteiger partial charge in [0.1, 0.15) is 0 Å². The zero-order valence-corrected chi connectivity index (χ0v) is 19.7. The van der Waals surface area contributed by atoms with E-state index in [4.69, 9.17) is 0 Å². The lowest BCUT2D eigenvalue weighted by Crippen LogP contribution is -2.30. The summed E-state index contributed by atoms with van der Waals surface area (Å²) in [5, 5.41) is 10.4. The first kappa shape index (κ1) is 22.8. The van der Waals surface area contributed by atoms with Gasteiger partial charge in [0.15, 0.2) is 0 Å². The molecule has 0 radical (unpaired) electrons. The zero-order chi connectivity index (χ0) is 23.4. The Morgan fingerprint density at radius 1 is 0.909 bits per heavy atom. The molecule has 7 nitrogen and oxygen atoms in total. The van der Waals surface area contributed by atoms with Crippen LogP contribution in [0, 0.1) is 13.8 Å². The predicted octanol–water partition coefficient (Wildman–Crippen LogP) is 4.48. The van der Waals surface area contributed by atoms with E-state index in [2.05, 4.69) is 20.2 Å². The van der Waals surface area contributed by atoms with Gasteiger partial charge in [-0.1, -0.05) is 83.6 Å². The molecule has 0 aliphatic carbocycles. The lowest BCUT2D eigenvalue weighted by atomic mass is 9.95. The standard InChI is InChI=1S/C24H22N4O3S2/c1-16-13-14-20(17(2)15-16)21(18-9-5-3-6-10-18)28-33(30,31)24-27-26-23(32-24)25-22(29)19-11-7-4-8-12-19/h3-15,21,28H,1-2H3,(H,25,26,29)/t21-/m1/s1. The highest BCUT2D eigenvalue weighted by Crippen LogP contribution is 2.29. The van der Waals surface area contributed by atoms with Crippen molar-refractivity contribution >= 4 is 32.4 Å². The Hall–Kier alpha value is -3.40. The molecule has 0 fully saturated rings. The molecule has 1 amide bonds. The van der Waals surface area contributed by atoms with E-state index in [-0.39, 0.29) is 15.4 Å². The number of anilines is 1. The van der Waals surface area contributed by atoms with Crippen molar-refractivity contribution in [2.24, 2.45) is 0 Å². The number of carbonyl (C=O) groups excluding carboxylic acids is 1. The quantitative estimate of drug-likeness (QED) is 0.382. The van der Waals surface area contributed by atoms with Gasteiger partial charge >= 0.3 is 0 Å². The van der Waals surface area contributed by atoms with Gasteiger partial charge in [0.2, 0.25) is 9.47 Å². The molecule has 0 spiro atoms. The number of hydrogen-bond donors (Lipinski definition) is 2. The summed E-state index contributed by atoms with van der Waals surface area (Å²) in [4.78, 5) is 12.3. The molecule has 0 saturated heterocycles. The van der Waals surface area contributed by atoms with E-state index in [1.165, 1.54) is 0 Å². The lowest BCUT2D eigenvalue weighted by molar-refractivity contribution is 0.102. The van der Waals surface area contributed by atoms with Crippen LogP contribution in [-0.2, 0) is 10.0 Å². The average Bonchev–Trinajstić information content (AvgIpc) is 3.29. The van der Waals surface area contributed by atoms with Crippen molar-refractivity contribution in [3.63, 3.8) is 0 Å². The normalized spacial score (nSPS) is 12.3. The predicted molar refractivity (Wildman–Crippen MR) is 129 cm³/mol. The number of carbonyl (C=O) groups is 1. The lowest BCUT2D eigenvalue weighted by Gasteiger charge is -2.21. The molecule has 0 unspecified atom stereocenters. The largest absolute Gasteiger partial charge is 0.296 e. The number of sulfonamides is 1. The smallest absolute Gasteiger partial charge is 0.270 e. The maximum Gasteiger partial charge on any atom is 0.270 e. The van der Waals surface area contributed by atoms with Gasteiger partial charge < -0.3 is 0 Å². The van der Waals surface area contributed by atoms with E-state index >= 15 is 0 Å². The van der Waals surface area contributed by atoms with Crippen LogP contribution in [-0.4, -0.2) is 24.5 Å². The number of benzene rings is 3. The topological polar surface area (TPSA) is 101 Å². The van der Waals surface area contributed by atoms with E-state index in [9.17, 15) is 13.2 Å². The molecule has 9 heteroatoms. The van der Waals surface area contributed by atoms with Crippen molar-refractivity contribution in [3.8, 4) is 0 Å². The van der Waals surface area contributed by atoms with Gasteiger partial charge in [-0.3, -0.25) is 10.1 Å². The highest BCUT2D eigenvalue weighted by molar-refractivity contribution is 7.91. The minimum Gasteiger partial charge on any atom is -0.296 e. The van der Waals surface area contributed by atoms with E-state index in [1.54, 1.807) is 30.3 Å². The third kappa shape index (κ3) is 5.33. The van der Waals surface area contributed by atoms with Crippen LogP contribution in [0.15, 0.2) is 83.2 Å². The number of nitrogens with zero attached hydrogens (tertiary/aromatic N) is 2. The number of rotatable bonds is 7. The highest BCUT2D eigenvalue weighted by atomic mass is 32.2. The number of nitrogens with one attached hydrogen (secondary N) is 2. The molecule has 0 bridgehead atoms. The maximum absolute atomic E-state index is 13.2. The summed E-state index contributed by atoms with van der Waals surface area (Å²) in [6.45, 7) is 3.94. The molecule has 0 aliphatic rings. The summed E-state index contributed by atoms with van der Waals surface area (Å²) >= 11 is 0.797. The second-order valence-electron chi connectivity index (χ2n) is 7.52. The van der Waals surface area contributed by atoms with E-state index < -0.39 is 16.1 Å². The summed E-state index contributed by atoms with van der Waals surface area (Å²) < 4.78 is 29.0. The third-order valence-electron chi connectivity index (χ3n) is 5.04. The highest BCUT2D eigenvalue weighted by Gasteiger charge is 2.27. The molecule has 1 aromatic heterocycles. The number of hydrogen-bond acceptors (Lipinski definition) is 6. The summed E-state index contributed by atoms with van der Waals surface area (Å²) in [7, 11) is -4.02. The second kappa shape index (κ2) is 9.62. The molecule has 33 heavy (non-hydrogen) atoms. The Morgan fingerprint density at radius 3 is 2.24 bits per heavy atom. The van der Waals surface area contributed by atoms with Crippen LogP contribution in [0.3, 0.4) is 0 Å². The fraction of sp³-hybridized carbons (Fsp3) is 0.125. The van der Waals surface area contributed by atoms with Gasteiger partial charge in [0.25, 0.3) is 15.9 Å². The van der Waals surface area contributed by atoms with Gasteiger partial charge in [-0.05, 0) is 42.7 Å². The monoisotopic (exact) mass is 478 g/mol. The molecule has 4 rings (SSSR count). The Morgan fingerprint density at radius 2 is 1.58 bits per heavy atom. The fourth-order valence-electron chi connectivity index (χ4n) is 3.44. The molecule has 2 N–H and O–H groups in total. The van der Waals surface area contributed by atoms with Gasteiger partial charge in [0.05, 0.1) is 6.04 Å². The van der Waals surface area contributed by atoms with Crippen LogP contribution >= 0.6 is 11.3 Å². The molecular formula is C24H22N4O3S2. The van der Waals surface area contributed by atoms with Crippen molar-refractivity contribution in [1.29, 1.82) is 0 Å². The van der Waals surface area contributed by atoms with E-state index in [0.29, 0.717) is 5.56 Å². The second-order valence-corrected chi connectivity index (χ2v) is 10.4. The van der Waals surface area contributed by atoms with Gasteiger partial charge in [0, 0.05) is 5.56 Å². The first-order chi connectivity index (χ1) is 15.8. The maximum atomic E-state index is 13.2. The third-order valence-corrected chi connectivity index (χ3v) is 7.66. The van der Waals surface area contributed by atoms with Crippen LogP contribution in [0.25, 0.3) is 0 Å². The van der Waals surface area contributed by atoms with Gasteiger partial charge in [-0.15, -0.1) is 10.2 Å². The Labute approximate surface area is 196 Å². The Balaban J connectivity index is 1.61. The zero-order valence-electron chi connectivity index (χ0n) is 18.0. The van der Waals surface area contributed by atoms with Crippen molar-refractivity contribution < 1.29 is 13.2 Å². The molecule has 0 saturated carbocycles. The SMILES string of the molecule is Cc1ccc([C@H](NS(=O)(=O)c2nnc(NC(=O)c3ccccc3)s2)c2ccccc2)c(C)c1. The Kier molecular flexibility index (Phi) is 6.64. The van der Waals surface area contributed by atoms with Crippen molar-refractivity contribution in [2.75, 3.05) is 5.32 Å². The number of aromatic nitrogens is 2. The summed E-state index contributed by atoms with van der Waals surface area (Å²) in [6.07, 6.45) is 0. The van der Waals surface area contributed by atoms with Crippen molar-refractivity contribution in [1.82, 2.24) is 14.9 Å². The minimum absolute atomic E-state index is 0.104. The van der Waals surface area contributed by atoms with Crippen molar-refractivity contribution in [2.45, 2.75) is 24.2 Å². The van der Waals surface area contributed by atoms with Crippen LogP contribution in [0.5, 0.6) is 0 Å². The average molecular weight is 479 g/mol. The summed E-state index contributed by atoms with van der Waals surface area (Å²) in [5.41, 5.74) is 4.15. The number of aryl methyl sites for hydroxylation is 2. The first-order valence-corrected chi connectivity index (χ1v) is 12.5. The van der Waals surface area contributed by atoms with Crippen molar-refractivity contribution in [3.05, 3.63) is 107 Å². The molecule has 3 aromatic carbocycles. The molecule has 168 valence electrons. The number of amides is 1. The summed E-state index contributed by atoms with van der Waals surface area (Å²) in [5.74, 6) is -0.388. The van der Waals surface area contributed by atoms with E-state index in [1.807, 2.05) is 62.4 Å². The van der Waals surface area contributed by atoms with Crippen LogP contribution in [0.1, 0.15) is 38.7 Å². The summed E-state index contributed by atoms with van der Waals surface area (Å²) in [6, 6.07) is 23.2.